The number of hydrogen-bond acceptors (Lipinski definition) is 5. The Hall–Kier alpha value is -2.33. The van der Waals surface area contributed by atoms with Crippen LogP contribution in [0.2, 0.25) is 0 Å². The summed E-state index contributed by atoms with van der Waals surface area (Å²) in [7, 11) is 3.40. The van der Waals surface area contributed by atoms with Gasteiger partial charge in [-0.05, 0) is 36.2 Å². The van der Waals surface area contributed by atoms with Crippen molar-refractivity contribution in [2.45, 2.75) is 26.4 Å². The summed E-state index contributed by atoms with van der Waals surface area (Å²) in [6, 6.07) is 15.5. The molecule has 1 heterocycles. The zero-order valence-electron chi connectivity index (χ0n) is 17.3. The van der Waals surface area contributed by atoms with Crippen molar-refractivity contribution in [2.24, 2.45) is 4.99 Å². The van der Waals surface area contributed by atoms with Crippen LogP contribution in [-0.4, -0.2) is 25.1 Å². The first kappa shape index (κ1) is 23.9. The number of nitrogens with zero attached hydrogens (tertiary/aromatic N) is 2. The van der Waals surface area contributed by atoms with Gasteiger partial charge in [0.05, 0.1) is 13.7 Å². The van der Waals surface area contributed by atoms with Crippen LogP contribution in [0.1, 0.15) is 22.4 Å². The van der Waals surface area contributed by atoms with E-state index in [1.54, 1.807) is 25.5 Å². The van der Waals surface area contributed by atoms with Gasteiger partial charge in [0.25, 0.3) is 0 Å². The number of methoxy groups -OCH3 is 1. The smallest absolute Gasteiger partial charge is 0.191 e. The lowest BCUT2D eigenvalue weighted by atomic mass is 10.2. The normalized spacial score (nSPS) is 10.8. The summed E-state index contributed by atoms with van der Waals surface area (Å²) in [5.41, 5.74) is 1.13. The number of para-hydroxylation sites is 2. The van der Waals surface area contributed by atoms with E-state index in [2.05, 4.69) is 27.5 Å². The molecule has 0 spiro atoms. The summed E-state index contributed by atoms with van der Waals surface area (Å²) in [5.74, 6) is 2.90. The van der Waals surface area contributed by atoms with Crippen LogP contribution >= 0.6 is 35.3 Å². The first-order valence-electron chi connectivity index (χ1n) is 9.49. The molecule has 0 aliphatic heterocycles. The highest BCUT2D eigenvalue weighted by molar-refractivity contribution is 14.0. The fraction of sp³-hybridized carbons (Fsp3) is 0.273. The Bertz CT molecular complexity index is 944. The number of aryl methyl sites for hydroxylation is 1. The van der Waals surface area contributed by atoms with Crippen molar-refractivity contribution in [3.05, 3.63) is 70.2 Å². The molecule has 2 N–H and O–H groups in total. The Balaban J connectivity index is 0.00000320. The van der Waals surface area contributed by atoms with Crippen molar-refractivity contribution in [2.75, 3.05) is 14.2 Å². The molecule has 0 unspecified atom stereocenters. The zero-order valence-corrected chi connectivity index (χ0v) is 20.5. The number of halogens is 1. The molecule has 1 aromatic heterocycles. The molecule has 0 fully saturated rings. The predicted octanol–water partition coefficient (Wildman–Crippen LogP) is 4.99. The van der Waals surface area contributed by atoms with Crippen LogP contribution in [0.15, 0.2) is 59.7 Å². The quantitative estimate of drug-likeness (QED) is 0.240. The van der Waals surface area contributed by atoms with E-state index in [9.17, 15) is 0 Å². The molecule has 0 aliphatic rings. The van der Waals surface area contributed by atoms with Gasteiger partial charge in [0.2, 0.25) is 0 Å². The Kier molecular flexibility index (Phi) is 9.88. The van der Waals surface area contributed by atoms with Crippen LogP contribution in [0, 0.1) is 0 Å². The zero-order chi connectivity index (χ0) is 20.5. The van der Waals surface area contributed by atoms with E-state index in [0.29, 0.717) is 24.6 Å². The molecule has 6 nitrogen and oxygen atoms in total. The third-order valence-electron chi connectivity index (χ3n) is 4.26. The van der Waals surface area contributed by atoms with Gasteiger partial charge in [-0.15, -0.1) is 35.3 Å². The molecule has 0 atom stereocenters. The number of benzene rings is 2. The van der Waals surface area contributed by atoms with Gasteiger partial charge in [-0.1, -0.05) is 31.2 Å². The lowest BCUT2D eigenvalue weighted by Gasteiger charge is -2.12. The molecule has 0 saturated heterocycles. The lowest BCUT2D eigenvalue weighted by molar-refractivity contribution is 0.379. The number of aliphatic imine (C=N–C) groups is 1. The molecule has 0 aliphatic carbocycles. The van der Waals surface area contributed by atoms with Gasteiger partial charge in [0.15, 0.2) is 17.5 Å². The van der Waals surface area contributed by atoms with Gasteiger partial charge < -0.3 is 20.1 Å². The second kappa shape index (κ2) is 12.4. The summed E-state index contributed by atoms with van der Waals surface area (Å²) in [6.45, 7) is 3.46. The average Bonchev–Trinajstić information content (AvgIpc) is 3.23. The Morgan fingerprint density at radius 3 is 2.37 bits per heavy atom. The van der Waals surface area contributed by atoms with Gasteiger partial charge in [-0.25, -0.2) is 4.98 Å². The standard InChI is InChI=1S/C22H26N4O2S.HI/c1-4-18-14-24-21(29-18)15-26-22(23-2)25-13-16-9-11-17(12-10-16)28-20-8-6-5-7-19(20)27-3;/h5-12,14H,4,13,15H2,1-3H3,(H2,23,25,26);1H. The minimum atomic E-state index is 0. The highest BCUT2D eigenvalue weighted by Crippen LogP contribution is 2.30. The molecule has 8 heteroatoms. The van der Waals surface area contributed by atoms with E-state index >= 15 is 0 Å². The number of rotatable bonds is 8. The van der Waals surface area contributed by atoms with Gasteiger partial charge >= 0.3 is 0 Å². The second-order valence-electron chi connectivity index (χ2n) is 6.25. The number of ether oxygens (including phenoxy) is 2. The minimum absolute atomic E-state index is 0. The number of nitrogens with one attached hydrogen (secondary N) is 2. The van der Waals surface area contributed by atoms with Crippen molar-refractivity contribution in [3.8, 4) is 17.2 Å². The van der Waals surface area contributed by atoms with Crippen LogP contribution in [0.3, 0.4) is 0 Å². The van der Waals surface area contributed by atoms with E-state index in [1.165, 1.54) is 4.88 Å². The molecule has 0 bridgehead atoms. The number of hydrogen-bond donors (Lipinski definition) is 2. The summed E-state index contributed by atoms with van der Waals surface area (Å²) in [4.78, 5) is 9.98. The summed E-state index contributed by atoms with van der Waals surface area (Å²) in [5, 5.41) is 7.68. The summed E-state index contributed by atoms with van der Waals surface area (Å²) >= 11 is 1.73. The Morgan fingerprint density at radius 2 is 1.73 bits per heavy atom. The second-order valence-corrected chi connectivity index (χ2v) is 7.45. The van der Waals surface area contributed by atoms with Crippen molar-refractivity contribution < 1.29 is 9.47 Å². The predicted molar refractivity (Wildman–Crippen MR) is 133 cm³/mol. The topological polar surface area (TPSA) is 67.8 Å². The molecule has 0 saturated carbocycles. The average molecular weight is 538 g/mol. The van der Waals surface area contributed by atoms with Crippen LogP contribution in [0.4, 0.5) is 0 Å². The molecule has 3 rings (SSSR count). The molecule has 160 valence electrons. The van der Waals surface area contributed by atoms with Gasteiger partial charge in [0, 0.05) is 24.7 Å². The van der Waals surface area contributed by atoms with Gasteiger partial charge in [-0.2, -0.15) is 0 Å². The third kappa shape index (κ3) is 6.88. The fourth-order valence-corrected chi connectivity index (χ4v) is 3.47. The summed E-state index contributed by atoms with van der Waals surface area (Å²) in [6.07, 6.45) is 2.95. The largest absolute Gasteiger partial charge is 0.493 e. The fourth-order valence-electron chi connectivity index (χ4n) is 2.66. The van der Waals surface area contributed by atoms with E-state index in [-0.39, 0.29) is 24.0 Å². The SMILES string of the molecule is CCc1cnc(CNC(=NC)NCc2ccc(Oc3ccccc3OC)cc2)s1.I. The molecule has 3 aromatic rings. The van der Waals surface area contributed by atoms with E-state index in [0.717, 1.165) is 28.7 Å². The highest BCUT2D eigenvalue weighted by Gasteiger charge is 2.05. The first-order valence-corrected chi connectivity index (χ1v) is 10.3. The van der Waals surface area contributed by atoms with Crippen LogP contribution < -0.4 is 20.1 Å². The molecular weight excluding hydrogens is 511 g/mol. The van der Waals surface area contributed by atoms with Crippen molar-refractivity contribution in [1.82, 2.24) is 15.6 Å². The maximum Gasteiger partial charge on any atom is 0.191 e. The third-order valence-corrected chi connectivity index (χ3v) is 5.40. The summed E-state index contributed by atoms with van der Waals surface area (Å²) < 4.78 is 11.2. The van der Waals surface area contributed by atoms with E-state index in [1.807, 2.05) is 54.7 Å². The van der Waals surface area contributed by atoms with Crippen LogP contribution in [-0.2, 0) is 19.5 Å². The first-order chi connectivity index (χ1) is 14.2. The van der Waals surface area contributed by atoms with Crippen LogP contribution in [0.5, 0.6) is 17.2 Å². The lowest BCUT2D eigenvalue weighted by Crippen LogP contribution is -2.36. The molecule has 0 amide bonds. The Morgan fingerprint density at radius 1 is 1.03 bits per heavy atom. The number of guanidine groups is 1. The van der Waals surface area contributed by atoms with Gasteiger partial charge in [0.1, 0.15) is 10.8 Å². The van der Waals surface area contributed by atoms with Crippen LogP contribution in [0.25, 0.3) is 0 Å². The minimum Gasteiger partial charge on any atom is -0.493 e. The number of thiazole rings is 1. The van der Waals surface area contributed by atoms with E-state index in [4.69, 9.17) is 9.47 Å². The highest BCUT2D eigenvalue weighted by atomic mass is 127. The number of aromatic nitrogens is 1. The van der Waals surface area contributed by atoms with Crippen molar-refractivity contribution in [3.63, 3.8) is 0 Å². The molecular formula is C22H27IN4O2S. The maximum absolute atomic E-state index is 5.91. The van der Waals surface area contributed by atoms with Crippen molar-refractivity contribution >= 4 is 41.3 Å². The maximum atomic E-state index is 5.91. The van der Waals surface area contributed by atoms with E-state index < -0.39 is 0 Å². The molecule has 30 heavy (non-hydrogen) atoms. The van der Waals surface area contributed by atoms with Gasteiger partial charge in [-0.3, -0.25) is 4.99 Å². The molecule has 0 radical (unpaired) electrons. The van der Waals surface area contributed by atoms with Crippen molar-refractivity contribution in [1.29, 1.82) is 0 Å². The molecule has 2 aromatic carbocycles. The Labute approximate surface area is 198 Å². The monoisotopic (exact) mass is 538 g/mol.